The van der Waals surface area contributed by atoms with Crippen molar-refractivity contribution in [3.63, 3.8) is 0 Å². The molecular weight excluding hydrogens is 685 g/mol. The number of aromatic nitrogens is 3. The van der Waals surface area contributed by atoms with Crippen LogP contribution in [0, 0.1) is 6.07 Å². The van der Waals surface area contributed by atoms with Crippen LogP contribution >= 0.6 is 0 Å². The molecule has 0 radical (unpaired) electrons. The van der Waals surface area contributed by atoms with E-state index in [-0.39, 0.29) is 26.8 Å². The first-order chi connectivity index (χ1) is 19.4. The van der Waals surface area contributed by atoms with Crippen molar-refractivity contribution >= 4 is 10.8 Å². The van der Waals surface area contributed by atoms with Gasteiger partial charge in [-0.05, 0) is 51.9 Å². The summed E-state index contributed by atoms with van der Waals surface area (Å²) in [5.41, 5.74) is 7.78. The van der Waals surface area contributed by atoms with Crippen LogP contribution in [0.15, 0.2) is 103 Å². The fraction of sp³-hybridized carbons (Fsp3) is 0.167. The number of aromatic hydroxyl groups is 1. The largest absolute Gasteiger partial charge is 0.507 e. The third-order valence-electron chi connectivity index (χ3n) is 7.43. The molecule has 5 heteroatoms. The van der Waals surface area contributed by atoms with Gasteiger partial charge in [0.1, 0.15) is 5.75 Å². The van der Waals surface area contributed by atoms with Gasteiger partial charge in [-0.1, -0.05) is 93.4 Å². The van der Waals surface area contributed by atoms with E-state index in [0.717, 1.165) is 33.4 Å². The molecule has 0 saturated heterocycles. The van der Waals surface area contributed by atoms with Crippen LogP contribution in [0.3, 0.4) is 0 Å². The van der Waals surface area contributed by atoms with E-state index in [2.05, 4.69) is 56.5 Å². The minimum Gasteiger partial charge on any atom is -0.507 e. The molecule has 1 N–H and O–H groups in total. The first-order valence-corrected chi connectivity index (χ1v) is 13.8. The molecule has 2 heterocycles. The van der Waals surface area contributed by atoms with Gasteiger partial charge >= 0.3 is 0 Å². The van der Waals surface area contributed by atoms with E-state index >= 15 is 0 Å². The van der Waals surface area contributed by atoms with E-state index in [1.807, 2.05) is 79.1 Å². The topological polar surface area (TPSA) is 50.9 Å². The Hall–Kier alpha value is -4.01. The zero-order valence-electron chi connectivity index (χ0n) is 23.6. The molecule has 0 bridgehead atoms. The maximum absolute atomic E-state index is 10.8. The number of hydrogen-bond donors (Lipinski definition) is 1. The minimum absolute atomic E-state index is 0. The van der Waals surface area contributed by atoms with Gasteiger partial charge in [0.15, 0.2) is 0 Å². The Labute approximate surface area is 256 Å². The standard InChI is InChI=1S/C36H32N3O.Pt/c1-23(2)29-14-8-15-30(24(3)4)35(29)39-19-18-37-36(39)28-13-7-12-27(20-28)32-16-9-17-33(38-32)31-21-25-10-5-6-11-26(25)22-34(31)40;/h5-19,21-24,40H,1-4H3;/q-1;. The van der Waals surface area contributed by atoms with Gasteiger partial charge in [-0.3, -0.25) is 9.97 Å². The molecule has 4 nitrogen and oxygen atoms in total. The Morgan fingerprint density at radius 1 is 0.707 bits per heavy atom. The molecule has 0 amide bonds. The van der Waals surface area contributed by atoms with E-state index < -0.39 is 0 Å². The number of phenolic OH excluding ortho intramolecular Hbond substituents is 1. The number of fused-ring (bicyclic) bond motifs is 1. The molecule has 0 saturated carbocycles. The van der Waals surface area contributed by atoms with Crippen LogP contribution in [-0.2, 0) is 21.1 Å². The van der Waals surface area contributed by atoms with Crippen molar-refractivity contribution < 1.29 is 26.2 Å². The molecule has 0 aliphatic heterocycles. The van der Waals surface area contributed by atoms with Gasteiger partial charge in [0.2, 0.25) is 0 Å². The van der Waals surface area contributed by atoms with E-state index in [1.165, 1.54) is 16.8 Å². The van der Waals surface area contributed by atoms with Gasteiger partial charge in [0.25, 0.3) is 0 Å². The number of nitrogens with zero attached hydrogens (tertiary/aromatic N) is 3. The van der Waals surface area contributed by atoms with Gasteiger partial charge in [0.05, 0.1) is 11.5 Å². The number of rotatable bonds is 6. The molecule has 0 unspecified atom stereocenters. The Bertz CT molecular complexity index is 1810. The van der Waals surface area contributed by atoms with Crippen LogP contribution in [0.4, 0.5) is 0 Å². The van der Waals surface area contributed by atoms with E-state index in [4.69, 9.17) is 9.97 Å². The molecule has 0 aliphatic rings. The quantitative estimate of drug-likeness (QED) is 0.175. The molecule has 0 aliphatic carbocycles. The summed E-state index contributed by atoms with van der Waals surface area (Å²) in [6, 6.07) is 34.0. The van der Waals surface area contributed by atoms with Crippen molar-refractivity contribution in [3.8, 4) is 45.3 Å². The second-order valence-electron chi connectivity index (χ2n) is 10.8. The summed E-state index contributed by atoms with van der Waals surface area (Å²) < 4.78 is 2.21. The number of imidazole rings is 1. The van der Waals surface area contributed by atoms with Crippen LogP contribution in [0.5, 0.6) is 5.75 Å². The molecule has 2 aromatic heterocycles. The predicted molar refractivity (Wildman–Crippen MR) is 164 cm³/mol. The number of pyridine rings is 1. The molecule has 4 aromatic carbocycles. The van der Waals surface area contributed by atoms with Gasteiger partial charge in [-0.25, -0.2) is 0 Å². The van der Waals surface area contributed by atoms with Crippen LogP contribution in [0.2, 0.25) is 0 Å². The third-order valence-corrected chi connectivity index (χ3v) is 7.43. The Morgan fingerprint density at radius 3 is 2.02 bits per heavy atom. The van der Waals surface area contributed by atoms with Crippen molar-refractivity contribution in [3.05, 3.63) is 121 Å². The third kappa shape index (κ3) is 5.49. The van der Waals surface area contributed by atoms with Gasteiger partial charge < -0.3 is 9.67 Å². The normalized spacial score (nSPS) is 11.3. The zero-order chi connectivity index (χ0) is 27.8. The molecule has 0 atom stereocenters. The summed E-state index contributed by atoms with van der Waals surface area (Å²) in [5, 5.41) is 12.9. The number of para-hydroxylation sites is 1. The van der Waals surface area contributed by atoms with Crippen molar-refractivity contribution in [2.75, 3.05) is 0 Å². The molecule has 0 spiro atoms. The van der Waals surface area contributed by atoms with Crippen LogP contribution in [-0.4, -0.2) is 19.6 Å². The van der Waals surface area contributed by atoms with Crippen molar-refractivity contribution in [1.82, 2.24) is 14.5 Å². The molecule has 208 valence electrons. The van der Waals surface area contributed by atoms with E-state index in [0.29, 0.717) is 23.1 Å². The molecular formula is C36H32N3OPt-. The van der Waals surface area contributed by atoms with Gasteiger partial charge in [-0.15, -0.1) is 24.3 Å². The summed E-state index contributed by atoms with van der Waals surface area (Å²) in [6.45, 7) is 8.94. The first kappa shape index (κ1) is 28.5. The summed E-state index contributed by atoms with van der Waals surface area (Å²) in [5.74, 6) is 1.81. The van der Waals surface area contributed by atoms with Gasteiger partial charge in [-0.2, -0.15) is 0 Å². The maximum Gasteiger partial charge on any atom is 0.125 e. The van der Waals surface area contributed by atoms with Crippen LogP contribution in [0.1, 0.15) is 50.7 Å². The Balaban J connectivity index is 0.00000337. The van der Waals surface area contributed by atoms with Crippen LogP contribution in [0.25, 0.3) is 50.4 Å². The average Bonchev–Trinajstić information content (AvgIpc) is 3.46. The maximum atomic E-state index is 10.8. The zero-order valence-corrected chi connectivity index (χ0v) is 25.8. The average molecular weight is 718 g/mol. The fourth-order valence-corrected chi connectivity index (χ4v) is 5.39. The van der Waals surface area contributed by atoms with Crippen molar-refractivity contribution in [2.45, 2.75) is 39.5 Å². The summed E-state index contributed by atoms with van der Waals surface area (Å²) >= 11 is 0. The number of benzene rings is 4. The Morgan fingerprint density at radius 2 is 1.32 bits per heavy atom. The molecule has 6 aromatic rings. The van der Waals surface area contributed by atoms with E-state index in [1.54, 1.807) is 6.07 Å². The smallest absolute Gasteiger partial charge is 0.125 e. The minimum atomic E-state index is 0. The second-order valence-corrected chi connectivity index (χ2v) is 10.8. The van der Waals surface area contributed by atoms with Gasteiger partial charge in [0, 0.05) is 50.4 Å². The molecule has 6 rings (SSSR count). The van der Waals surface area contributed by atoms with E-state index in [9.17, 15) is 5.11 Å². The number of phenols is 1. The second kappa shape index (κ2) is 11.8. The summed E-state index contributed by atoms with van der Waals surface area (Å²) in [4.78, 5) is 9.72. The summed E-state index contributed by atoms with van der Waals surface area (Å²) in [6.07, 6.45) is 3.91. The van der Waals surface area contributed by atoms with Crippen LogP contribution < -0.4 is 0 Å². The summed E-state index contributed by atoms with van der Waals surface area (Å²) in [7, 11) is 0. The molecule has 41 heavy (non-hydrogen) atoms. The van der Waals surface area contributed by atoms with Crippen molar-refractivity contribution in [1.29, 1.82) is 0 Å². The molecule has 0 fully saturated rings. The predicted octanol–water partition coefficient (Wildman–Crippen LogP) is 9.17. The SMILES string of the molecule is CC(C)c1cccc(C(C)C)c1-n1ccnc1-c1[c-]c(-c2cccc(-c3cc4ccccc4cc3O)n2)ccc1.[Pt]. The fourth-order valence-electron chi connectivity index (χ4n) is 5.39. The van der Waals surface area contributed by atoms with Crippen molar-refractivity contribution in [2.24, 2.45) is 0 Å². The first-order valence-electron chi connectivity index (χ1n) is 13.8. The number of hydrogen-bond acceptors (Lipinski definition) is 3. The Kier molecular flexibility index (Phi) is 8.24. The monoisotopic (exact) mass is 717 g/mol.